The van der Waals surface area contributed by atoms with Gasteiger partial charge < -0.3 is 17.6 Å². The smallest absolute Gasteiger partial charge is 0 e. The number of hydrogen-bond acceptors (Lipinski definition) is 2. The van der Waals surface area contributed by atoms with Crippen LogP contribution in [0, 0.1) is 7.05 Å². The molecule has 0 aromatic rings. The van der Waals surface area contributed by atoms with Gasteiger partial charge in [-0.15, -0.1) is 0 Å². The Kier molecular flexibility index (Phi) is 47.1. The van der Waals surface area contributed by atoms with Crippen molar-refractivity contribution in [2.24, 2.45) is 4.99 Å². The third-order valence-corrected chi connectivity index (χ3v) is 0.373. The molecule has 0 aliphatic heterocycles. The van der Waals surface area contributed by atoms with E-state index < -0.39 is 0 Å². The van der Waals surface area contributed by atoms with E-state index >= 15 is 0 Å². The summed E-state index contributed by atoms with van der Waals surface area (Å²) in [7, 11) is 3.04. The van der Waals surface area contributed by atoms with Crippen molar-refractivity contribution in [1.29, 1.82) is 0 Å². The summed E-state index contributed by atoms with van der Waals surface area (Å²) >= 11 is 9.20. The molecule has 39 valence electrons. The average Bonchev–Trinajstić information content (AvgIpc) is 1.38. The molecule has 0 amide bonds. The largest absolute Gasteiger partial charge is 0.866 e. The maximum atomic E-state index is 4.96. The van der Waals surface area contributed by atoms with Gasteiger partial charge in [0, 0.05) is 98.1 Å². The summed E-state index contributed by atoms with van der Waals surface area (Å²) in [5, 5.41) is 0. The fourth-order valence-corrected chi connectivity index (χ4v) is 0. The van der Waals surface area contributed by atoms with Crippen molar-refractivity contribution in [2.45, 2.75) is 0 Å². The average molecular weight is 374 g/mol. The zero-order valence-electron chi connectivity index (χ0n) is 4.17. The predicted octanol–water partition coefficient (Wildman–Crippen LogP) is 0.912. The van der Waals surface area contributed by atoms with E-state index in [2.05, 4.69) is 24.7 Å². The second-order valence-corrected chi connectivity index (χ2v) is 1.38. The SMILES string of the molecule is [CH2-]N=C([S-])Cl.[Y].[Y].[Y]. The van der Waals surface area contributed by atoms with Crippen molar-refractivity contribution in [3.63, 3.8) is 0 Å². The molecular formula is C2H2ClNSY3-2. The summed E-state index contributed by atoms with van der Waals surface area (Å²) in [6.45, 7) is 0. The number of rotatable bonds is 0. The van der Waals surface area contributed by atoms with Crippen LogP contribution in [0.15, 0.2) is 4.99 Å². The van der Waals surface area contributed by atoms with Crippen molar-refractivity contribution in [3.8, 4) is 0 Å². The second kappa shape index (κ2) is 16.8. The van der Waals surface area contributed by atoms with Crippen LogP contribution < -0.4 is 0 Å². The molecule has 0 rings (SSSR count). The molecule has 0 unspecified atom stereocenters. The van der Waals surface area contributed by atoms with Gasteiger partial charge in [0.05, 0.1) is 0 Å². The number of nitrogens with zero attached hydrogens (tertiary/aromatic N) is 1. The van der Waals surface area contributed by atoms with Crippen LogP contribution in [-0.2, 0) is 111 Å². The van der Waals surface area contributed by atoms with Crippen molar-refractivity contribution in [3.05, 3.63) is 7.05 Å². The first kappa shape index (κ1) is 22.5. The molecule has 0 spiro atoms. The van der Waals surface area contributed by atoms with Gasteiger partial charge in [0.1, 0.15) is 0 Å². The number of aliphatic imine (C=N–C) groups is 1. The summed E-state index contributed by atoms with van der Waals surface area (Å²) < 4.78 is 0.0741. The van der Waals surface area contributed by atoms with Gasteiger partial charge >= 0.3 is 0 Å². The molecule has 6 heteroatoms. The van der Waals surface area contributed by atoms with Crippen LogP contribution >= 0.6 is 11.6 Å². The first-order valence-corrected chi connectivity index (χ1v) is 1.72. The van der Waals surface area contributed by atoms with E-state index in [0.29, 0.717) is 0 Å². The Morgan fingerprint density at radius 2 is 1.50 bits per heavy atom. The molecule has 0 fully saturated rings. The molecule has 0 N–H and O–H groups in total. The van der Waals surface area contributed by atoms with E-state index in [1.54, 1.807) is 0 Å². The van der Waals surface area contributed by atoms with Crippen LogP contribution in [0.25, 0.3) is 0 Å². The summed E-state index contributed by atoms with van der Waals surface area (Å²) in [6.07, 6.45) is 0. The fraction of sp³-hybridized carbons (Fsp3) is 0. The molecule has 0 aromatic heterocycles. The molecule has 0 bridgehead atoms. The Labute approximate surface area is 136 Å². The minimum atomic E-state index is 0. The molecular weight excluding hydrogens is 372 g/mol. The van der Waals surface area contributed by atoms with Gasteiger partial charge in [-0.25, -0.2) is 11.6 Å². The van der Waals surface area contributed by atoms with Crippen LogP contribution in [0.5, 0.6) is 0 Å². The Hall–Kier alpha value is 3.36. The first-order valence-electron chi connectivity index (χ1n) is 0.933. The molecule has 0 atom stereocenters. The van der Waals surface area contributed by atoms with Crippen LogP contribution in [-0.4, -0.2) is 4.50 Å². The van der Waals surface area contributed by atoms with Gasteiger partial charge in [0.15, 0.2) is 0 Å². The van der Waals surface area contributed by atoms with Crippen LogP contribution in [0.3, 0.4) is 0 Å². The molecule has 0 aliphatic carbocycles. The zero-order chi connectivity index (χ0) is 4.28. The minimum Gasteiger partial charge on any atom is -0.866 e. The van der Waals surface area contributed by atoms with E-state index in [4.69, 9.17) is 11.6 Å². The van der Waals surface area contributed by atoms with Gasteiger partial charge in [0.25, 0.3) is 0 Å². The molecule has 3 radical (unpaired) electrons. The third-order valence-electron chi connectivity index (χ3n) is 0.124. The van der Waals surface area contributed by atoms with Crippen molar-refractivity contribution in [2.75, 3.05) is 0 Å². The van der Waals surface area contributed by atoms with Crippen LogP contribution in [0.1, 0.15) is 0 Å². The summed E-state index contributed by atoms with van der Waals surface area (Å²) in [5.41, 5.74) is 0. The maximum Gasteiger partial charge on any atom is 0 e. The standard InChI is InChI=1S/C2H3ClNS.3Y/c1-4-2(3)5;;;/h1H2,(H,4,5);;;/q-1;;;/p-1. The van der Waals surface area contributed by atoms with Gasteiger partial charge in [-0.2, -0.15) is 11.6 Å². The van der Waals surface area contributed by atoms with E-state index in [1.807, 2.05) is 0 Å². The van der Waals surface area contributed by atoms with Gasteiger partial charge in [-0.3, -0.25) is 0 Å². The first-order chi connectivity index (χ1) is 2.27. The Bertz CT molecular complexity index is 55.2. The normalized spacial score (nSPS) is 7.38. The van der Waals surface area contributed by atoms with E-state index in [9.17, 15) is 0 Å². The van der Waals surface area contributed by atoms with E-state index in [0.717, 1.165) is 0 Å². The topological polar surface area (TPSA) is 12.4 Å². The van der Waals surface area contributed by atoms with E-state index in [-0.39, 0.29) is 103 Å². The molecule has 0 heterocycles. The van der Waals surface area contributed by atoms with Crippen molar-refractivity contribution in [1.82, 2.24) is 0 Å². The molecule has 8 heavy (non-hydrogen) atoms. The second-order valence-electron chi connectivity index (χ2n) is 0.411. The summed E-state index contributed by atoms with van der Waals surface area (Å²) in [6, 6.07) is 0. The van der Waals surface area contributed by atoms with Gasteiger partial charge in [0.2, 0.25) is 0 Å². The van der Waals surface area contributed by atoms with Crippen molar-refractivity contribution >= 4 is 28.7 Å². The van der Waals surface area contributed by atoms with Gasteiger partial charge in [-0.1, -0.05) is 0 Å². The van der Waals surface area contributed by atoms with Gasteiger partial charge in [-0.05, 0) is 0 Å². The van der Waals surface area contributed by atoms with Crippen molar-refractivity contribution < 1.29 is 98.1 Å². The van der Waals surface area contributed by atoms with E-state index in [1.165, 1.54) is 0 Å². The zero-order valence-corrected chi connectivity index (χ0v) is 14.3. The fourth-order valence-electron chi connectivity index (χ4n) is 0. The molecule has 0 aromatic carbocycles. The third kappa shape index (κ3) is 22.8. The quantitative estimate of drug-likeness (QED) is 0.266. The molecule has 0 saturated heterocycles. The summed E-state index contributed by atoms with van der Waals surface area (Å²) in [5.74, 6) is 0. The summed E-state index contributed by atoms with van der Waals surface area (Å²) in [4.78, 5) is 3.14. The molecule has 0 saturated carbocycles. The Morgan fingerprint density at radius 3 is 1.50 bits per heavy atom. The van der Waals surface area contributed by atoms with Crippen LogP contribution in [0.2, 0.25) is 0 Å². The Balaban J connectivity index is -0.0000000267. The number of halogens is 1. The minimum absolute atomic E-state index is 0. The monoisotopic (exact) mass is 374 g/mol. The Morgan fingerprint density at radius 1 is 1.38 bits per heavy atom. The molecule has 0 aliphatic rings. The number of hydrogen-bond donors (Lipinski definition) is 0. The van der Waals surface area contributed by atoms with Crippen LogP contribution in [0.4, 0.5) is 0 Å². The molecule has 1 nitrogen and oxygen atoms in total. The predicted molar refractivity (Wildman–Crippen MR) is 26.0 cm³/mol. The maximum absolute atomic E-state index is 4.96.